The number of hydrogen-bond acceptors (Lipinski definition) is 3. The molecule has 0 fully saturated rings. The van der Waals surface area contributed by atoms with Gasteiger partial charge in [-0.25, -0.2) is 4.68 Å². The predicted molar refractivity (Wildman–Crippen MR) is 122 cm³/mol. The fourth-order valence-corrected chi connectivity index (χ4v) is 3.58. The molecule has 2 heterocycles. The molecule has 160 valence electrons. The Morgan fingerprint density at radius 2 is 1.87 bits per heavy atom. The number of hydrogen-bond donors (Lipinski definition) is 1. The van der Waals surface area contributed by atoms with Gasteiger partial charge in [0.1, 0.15) is 5.56 Å². The second-order valence-electron chi connectivity index (χ2n) is 7.62. The van der Waals surface area contributed by atoms with Gasteiger partial charge in [0.2, 0.25) is 0 Å². The van der Waals surface area contributed by atoms with Crippen LogP contribution in [0.2, 0.25) is 0 Å². The number of nitrogens with one attached hydrogen (secondary N) is 1. The molecule has 0 radical (unpaired) electrons. The number of carbonyl (C=O) groups excluding carboxylic acids is 1. The Morgan fingerprint density at radius 3 is 2.57 bits per heavy atom. The van der Waals surface area contributed by atoms with Crippen LogP contribution in [0.5, 0.6) is 0 Å². The molecule has 0 saturated heterocycles. The molecule has 0 unspecified atom stereocenters. The second-order valence-corrected chi connectivity index (χ2v) is 7.62. The van der Waals surface area contributed by atoms with E-state index < -0.39 is 0 Å². The van der Waals surface area contributed by atoms with Gasteiger partial charge in [-0.3, -0.25) is 4.79 Å². The van der Waals surface area contributed by atoms with E-state index in [2.05, 4.69) is 48.2 Å². The number of aromatic nitrogens is 3. The van der Waals surface area contributed by atoms with Crippen molar-refractivity contribution < 1.29 is 4.79 Å². The van der Waals surface area contributed by atoms with E-state index in [1.807, 2.05) is 45.9 Å². The third-order valence-corrected chi connectivity index (χ3v) is 5.30. The molecule has 1 N–H and O–H groups in total. The van der Waals surface area contributed by atoms with Gasteiger partial charge in [-0.1, -0.05) is 32.4 Å². The van der Waals surface area contributed by atoms with Crippen LogP contribution < -0.4 is 5.32 Å². The van der Waals surface area contributed by atoms with E-state index in [1.54, 1.807) is 6.20 Å². The molecule has 3 rings (SSSR count). The summed E-state index contributed by atoms with van der Waals surface area (Å²) in [4.78, 5) is 15.4. The lowest BCUT2D eigenvalue weighted by Gasteiger charge is -2.19. The lowest BCUT2D eigenvalue weighted by atomic mass is 10.2. The number of carbonyl (C=O) groups is 1. The number of benzene rings is 1. The Balaban J connectivity index is 1.72. The highest BCUT2D eigenvalue weighted by atomic mass is 16.1. The molecule has 1 aromatic carbocycles. The minimum absolute atomic E-state index is 0.0887. The number of unbranched alkanes of at least 4 members (excludes halogenated alkanes) is 1. The van der Waals surface area contributed by atoms with E-state index in [4.69, 9.17) is 0 Å². The molecule has 2 aromatic heterocycles. The molecule has 6 heteroatoms. The summed E-state index contributed by atoms with van der Waals surface area (Å²) in [5.74, 6) is 0.662. The maximum Gasteiger partial charge on any atom is 0.256 e. The second kappa shape index (κ2) is 10.8. The lowest BCUT2D eigenvalue weighted by Crippen LogP contribution is -2.31. The van der Waals surface area contributed by atoms with Crippen LogP contribution in [0.1, 0.15) is 49.0 Å². The first-order valence-electron chi connectivity index (χ1n) is 10.9. The molecule has 30 heavy (non-hydrogen) atoms. The van der Waals surface area contributed by atoms with E-state index in [9.17, 15) is 4.79 Å². The third kappa shape index (κ3) is 5.39. The number of rotatable bonds is 11. The topological polar surface area (TPSA) is 55.1 Å². The minimum Gasteiger partial charge on any atom is -0.352 e. The fourth-order valence-electron chi connectivity index (χ4n) is 3.58. The van der Waals surface area contributed by atoms with Crippen LogP contribution in [0.15, 0.2) is 55.0 Å². The van der Waals surface area contributed by atoms with Crippen molar-refractivity contribution in [2.75, 3.05) is 26.2 Å². The summed E-state index contributed by atoms with van der Waals surface area (Å²) in [6.45, 7) is 10.3. The maximum absolute atomic E-state index is 13.0. The molecule has 0 bridgehead atoms. The normalized spacial score (nSPS) is 11.2. The highest BCUT2D eigenvalue weighted by Crippen LogP contribution is 2.20. The summed E-state index contributed by atoms with van der Waals surface area (Å²) in [6.07, 6.45) is 8.90. The molecule has 6 nitrogen and oxygen atoms in total. The quantitative estimate of drug-likeness (QED) is 0.484. The zero-order chi connectivity index (χ0) is 21.3. The van der Waals surface area contributed by atoms with Crippen LogP contribution in [0.3, 0.4) is 0 Å². The Labute approximate surface area is 179 Å². The van der Waals surface area contributed by atoms with E-state index in [1.165, 1.54) is 12.8 Å². The number of aryl methyl sites for hydroxylation is 1. The fraction of sp³-hybridized carbons (Fsp3) is 0.417. The first-order valence-corrected chi connectivity index (χ1v) is 10.9. The van der Waals surface area contributed by atoms with Crippen LogP contribution in [0.4, 0.5) is 0 Å². The van der Waals surface area contributed by atoms with Crippen molar-refractivity contribution in [1.29, 1.82) is 0 Å². The van der Waals surface area contributed by atoms with Crippen LogP contribution in [0, 0.1) is 6.92 Å². The predicted octanol–water partition coefficient (Wildman–Crippen LogP) is 4.21. The average Bonchev–Trinajstić information content (AvgIpc) is 3.42. The molecule has 0 spiro atoms. The smallest absolute Gasteiger partial charge is 0.256 e. The van der Waals surface area contributed by atoms with Gasteiger partial charge in [-0.05, 0) is 69.2 Å². The molecule has 0 aliphatic carbocycles. The van der Waals surface area contributed by atoms with Gasteiger partial charge in [0.15, 0.2) is 5.82 Å². The summed E-state index contributed by atoms with van der Waals surface area (Å²) in [5.41, 5.74) is 2.66. The zero-order valence-electron chi connectivity index (χ0n) is 18.3. The van der Waals surface area contributed by atoms with E-state index >= 15 is 0 Å². The van der Waals surface area contributed by atoms with Gasteiger partial charge in [-0.15, -0.1) is 0 Å². The molecule has 0 atom stereocenters. The highest BCUT2D eigenvalue weighted by molar-refractivity contribution is 5.97. The van der Waals surface area contributed by atoms with Crippen LogP contribution >= 0.6 is 0 Å². The van der Waals surface area contributed by atoms with Gasteiger partial charge < -0.3 is 14.8 Å². The van der Waals surface area contributed by atoms with Crippen molar-refractivity contribution in [3.8, 4) is 11.5 Å². The standard InChI is InChI=1S/C24H33N5O/c1-4-6-14-27(5-2)15-10-13-25-23(30)22-19-26-29(21-12-9-11-20(3)18-21)24(22)28-16-7-8-17-28/h7-9,11-12,16-19H,4-6,10,13-15H2,1-3H3,(H,25,30). The number of amides is 1. The van der Waals surface area contributed by atoms with Crippen molar-refractivity contribution in [2.24, 2.45) is 0 Å². The molecule has 0 saturated carbocycles. The maximum atomic E-state index is 13.0. The first-order chi connectivity index (χ1) is 14.6. The monoisotopic (exact) mass is 407 g/mol. The van der Waals surface area contributed by atoms with Crippen LogP contribution in [-0.4, -0.2) is 51.3 Å². The molecular weight excluding hydrogens is 374 g/mol. The van der Waals surface area contributed by atoms with Crippen molar-refractivity contribution in [1.82, 2.24) is 24.6 Å². The van der Waals surface area contributed by atoms with Crippen molar-refractivity contribution >= 4 is 5.91 Å². The summed E-state index contributed by atoms with van der Waals surface area (Å²) in [5, 5.41) is 7.62. The largest absolute Gasteiger partial charge is 0.352 e. The average molecular weight is 408 g/mol. The Hall–Kier alpha value is -2.86. The molecule has 3 aromatic rings. The molecule has 0 aliphatic heterocycles. The first kappa shape index (κ1) is 21.8. The number of nitrogens with zero attached hydrogens (tertiary/aromatic N) is 4. The minimum atomic E-state index is -0.0887. The van der Waals surface area contributed by atoms with E-state index in [0.717, 1.165) is 43.1 Å². The van der Waals surface area contributed by atoms with Gasteiger partial charge in [0.05, 0.1) is 11.9 Å². The Kier molecular flexibility index (Phi) is 7.85. The van der Waals surface area contributed by atoms with Gasteiger partial charge in [-0.2, -0.15) is 5.10 Å². The van der Waals surface area contributed by atoms with Gasteiger partial charge >= 0.3 is 0 Å². The summed E-state index contributed by atoms with van der Waals surface area (Å²) < 4.78 is 3.76. The summed E-state index contributed by atoms with van der Waals surface area (Å²) in [7, 11) is 0. The summed E-state index contributed by atoms with van der Waals surface area (Å²) >= 11 is 0. The van der Waals surface area contributed by atoms with Crippen molar-refractivity contribution in [3.05, 3.63) is 66.1 Å². The Bertz CT molecular complexity index is 929. The van der Waals surface area contributed by atoms with Crippen molar-refractivity contribution in [3.63, 3.8) is 0 Å². The molecular formula is C24H33N5O. The van der Waals surface area contributed by atoms with E-state index in [-0.39, 0.29) is 5.91 Å². The van der Waals surface area contributed by atoms with Crippen LogP contribution in [0.25, 0.3) is 11.5 Å². The molecule has 0 aliphatic rings. The van der Waals surface area contributed by atoms with Crippen LogP contribution in [-0.2, 0) is 0 Å². The summed E-state index contributed by atoms with van der Waals surface area (Å²) in [6, 6.07) is 12.0. The Morgan fingerprint density at radius 1 is 1.10 bits per heavy atom. The van der Waals surface area contributed by atoms with Gasteiger partial charge in [0.25, 0.3) is 5.91 Å². The van der Waals surface area contributed by atoms with Gasteiger partial charge in [0, 0.05) is 18.9 Å². The van der Waals surface area contributed by atoms with E-state index in [0.29, 0.717) is 12.1 Å². The van der Waals surface area contributed by atoms with Crippen molar-refractivity contribution in [2.45, 2.75) is 40.0 Å². The zero-order valence-corrected chi connectivity index (χ0v) is 18.3. The SMILES string of the molecule is CCCCN(CC)CCCNC(=O)c1cnn(-c2cccc(C)c2)c1-n1cccc1. The third-order valence-electron chi connectivity index (χ3n) is 5.30. The highest BCUT2D eigenvalue weighted by Gasteiger charge is 2.19. The molecule has 1 amide bonds. The lowest BCUT2D eigenvalue weighted by molar-refractivity contribution is 0.0951.